The Morgan fingerprint density at radius 1 is 1.47 bits per heavy atom. The van der Waals surface area contributed by atoms with Crippen LogP contribution < -0.4 is 5.73 Å². The van der Waals surface area contributed by atoms with E-state index in [4.69, 9.17) is 5.73 Å². The Balaban J connectivity index is 2.94. The van der Waals surface area contributed by atoms with Gasteiger partial charge in [0.05, 0.1) is 10.5 Å². The van der Waals surface area contributed by atoms with Gasteiger partial charge in [-0.15, -0.1) is 0 Å². The van der Waals surface area contributed by atoms with Crippen LogP contribution in [0.3, 0.4) is 0 Å². The molecule has 1 atom stereocenters. The highest BCUT2D eigenvalue weighted by Crippen LogP contribution is 2.18. The van der Waals surface area contributed by atoms with Crippen molar-refractivity contribution in [3.05, 3.63) is 45.5 Å². The minimum absolute atomic E-state index is 0.282. The van der Waals surface area contributed by atoms with Crippen molar-refractivity contribution in [1.82, 2.24) is 0 Å². The Morgan fingerprint density at radius 2 is 2.00 bits per heavy atom. The van der Waals surface area contributed by atoms with Crippen LogP contribution in [0, 0.1) is 17.0 Å². The SMILES string of the molecule is Cc1ccc(C(OC(N)=O)[N+](=O)[O-])cc1. The molecule has 1 aromatic carbocycles. The molecule has 0 bridgehead atoms. The van der Waals surface area contributed by atoms with E-state index in [9.17, 15) is 14.9 Å². The first-order chi connectivity index (χ1) is 7.00. The van der Waals surface area contributed by atoms with Crippen molar-refractivity contribution in [2.45, 2.75) is 13.2 Å². The molecule has 1 unspecified atom stereocenters. The number of rotatable bonds is 3. The van der Waals surface area contributed by atoms with Gasteiger partial charge in [-0.3, -0.25) is 10.1 Å². The third kappa shape index (κ3) is 2.94. The second-order valence-electron chi connectivity index (χ2n) is 2.99. The van der Waals surface area contributed by atoms with Crippen LogP contribution in [0.5, 0.6) is 0 Å². The summed E-state index contributed by atoms with van der Waals surface area (Å²) in [6.45, 7) is 1.85. The maximum Gasteiger partial charge on any atom is 0.409 e. The lowest BCUT2D eigenvalue weighted by molar-refractivity contribution is -0.574. The summed E-state index contributed by atoms with van der Waals surface area (Å²) in [5.74, 6) is 0. The van der Waals surface area contributed by atoms with Crippen molar-refractivity contribution >= 4 is 6.09 Å². The molecule has 0 saturated carbocycles. The third-order valence-corrected chi connectivity index (χ3v) is 1.78. The molecule has 0 spiro atoms. The third-order valence-electron chi connectivity index (χ3n) is 1.78. The van der Waals surface area contributed by atoms with E-state index in [1.807, 2.05) is 6.92 Å². The lowest BCUT2D eigenvalue weighted by Gasteiger charge is -2.08. The molecule has 6 nitrogen and oxygen atoms in total. The number of benzene rings is 1. The van der Waals surface area contributed by atoms with Gasteiger partial charge in [-0.25, -0.2) is 4.79 Å². The molecule has 2 N–H and O–H groups in total. The van der Waals surface area contributed by atoms with Gasteiger partial charge in [0, 0.05) is 0 Å². The number of hydrogen-bond acceptors (Lipinski definition) is 4. The zero-order valence-electron chi connectivity index (χ0n) is 8.04. The van der Waals surface area contributed by atoms with E-state index in [-0.39, 0.29) is 5.56 Å². The number of nitrogens with zero attached hydrogens (tertiary/aromatic N) is 1. The maximum atomic E-state index is 10.6. The van der Waals surface area contributed by atoms with Crippen LogP contribution in [-0.2, 0) is 4.74 Å². The number of nitrogens with two attached hydrogens (primary N) is 1. The zero-order valence-corrected chi connectivity index (χ0v) is 8.04. The molecule has 0 aromatic heterocycles. The summed E-state index contributed by atoms with van der Waals surface area (Å²) in [7, 11) is 0. The van der Waals surface area contributed by atoms with Gasteiger partial charge in [-0.05, 0) is 19.1 Å². The van der Waals surface area contributed by atoms with E-state index in [1.165, 1.54) is 12.1 Å². The molecule has 0 aliphatic heterocycles. The van der Waals surface area contributed by atoms with Gasteiger partial charge in [-0.2, -0.15) is 0 Å². The normalized spacial score (nSPS) is 11.8. The molecule has 0 aliphatic rings. The summed E-state index contributed by atoms with van der Waals surface area (Å²) in [4.78, 5) is 20.3. The highest BCUT2D eigenvalue weighted by molar-refractivity contribution is 5.64. The standard InChI is InChI=1S/C9H10N2O4/c1-6-2-4-7(5-3-6)8(11(13)14)15-9(10)12/h2-5,8H,1H3,(H2,10,12). The number of carbonyl (C=O) groups excluding carboxylic acids is 1. The monoisotopic (exact) mass is 210 g/mol. The molecule has 80 valence electrons. The minimum Gasteiger partial charge on any atom is -0.377 e. The summed E-state index contributed by atoms with van der Waals surface area (Å²) in [5.41, 5.74) is 5.97. The van der Waals surface area contributed by atoms with E-state index in [0.717, 1.165) is 5.56 Å². The topological polar surface area (TPSA) is 95.5 Å². The smallest absolute Gasteiger partial charge is 0.377 e. The lowest BCUT2D eigenvalue weighted by atomic mass is 10.1. The molecule has 0 heterocycles. The Bertz CT molecular complexity index is 374. The van der Waals surface area contributed by atoms with Crippen LogP contribution in [0.2, 0.25) is 0 Å². The van der Waals surface area contributed by atoms with Gasteiger partial charge in [0.2, 0.25) is 0 Å². The molecule has 6 heteroatoms. The Hall–Kier alpha value is -2.11. The number of primary amides is 1. The average molecular weight is 210 g/mol. The Morgan fingerprint density at radius 3 is 2.40 bits per heavy atom. The molecular weight excluding hydrogens is 200 g/mol. The Kier molecular flexibility index (Phi) is 3.22. The van der Waals surface area contributed by atoms with Crippen molar-refractivity contribution in [2.24, 2.45) is 5.73 Å². The van der Waals surface area contributed by atoms with Gasteiger partial charge in [-0.1, -0.05) is 17.7 Å². The van der Waals surface area contributed by atoms with E-state index < -0.39 is 17.2 Å². The number of amides is 1. The fourth-order valence-corrected chi connectivity index (χ4v) is 1.07. The summed E-state index contributed by atoms with van der Waals surface area (Å²) in [5, 5.41) is 10.6. The fraction of sp³-hybridized carbons (Fsp3) is 0.222. The summed E-state index contributed by atoms with van der Waals surface area (Å²) in [6, 6.07) is 6.42. The van der Waals surface area contributed by atoms with Crippen LogP contribution in [0.4, 0.5) is 4.79 Å². The van der Waals surface area contributed by atoms with Crippen molar-refractivity contribution in [3.8, 4) is 0 Å². The molecule has 1 aromatic rings. The van der Waals surface area contributed by atoms with Crippen LogP contribution in [0.1, 0.15) is 17.4 Å². The van der Waals surface area contributed by atoms with Gasteiger partial charge >= 0.3 is 12.3 Å². The summed E-state index contributed by atoms with van der Waals surface area (Å²) < 4.78 is 4.38. The zero-order chi connectivity index (χ0) is 11.4. The van der Waals surface area contributed by atoms with Gasteiger partial charge < -0.3 is 10.5 Å². The highest BCUT2D eigenvalue weighted by atomic mass is 16.7. The van der Waals surface area contributed by atoms with E-state index in [0.29, 0.717) is 0 Å². The molecule has 15 heavy (non-hydrogen) atoms. The molecule has 0 radical (unpaired) electrons. The molecule has 1 rings (SSSR count). The molecule has 0 saturated heterocycles. The summed E-state index contributed by atoms with van der Waals surface area (Å²) in [6.07, 6.45) is -2.71. The fourth-order valence-electron chi connectivity index (χ4n) is 1.07. The first kappa shape index (κ1) is 11.0. The number of carbonyl (C=O) groups is 1. The number of aryl methyl sites for hydroxylation is 1. The molecule has 0 fully saturated rings. The number of hydrogen-bond donors (Lipinski definition) is 1. The quantitative estimate of drug-likeness (QED) is 0.463. The highest BCUT2D eigenvalue weighted by Gasteiger charge is 2.25. The van der Waals surface area contributed by atoms with Crippen molar-refractivity contribution in [2.75, 3.05) is 0 Å². The summed E-state index contributed by atoms with van der Waals surface area (Å²) >= 11 is 0. The molecular formula is C9H10N2O4. The lowest BCUT2D eigenvalue weighted by Crippen LogP contribution is -2.22. The molecule has 1 amide bonds. The van der Waals surface area contributed by atoms with Crippen molar-refractivity contribution in [3.63, 3.8) is 0 Å². The van der Waals surface area contributed by atoms with Crippen LogP contribution in [0.15, 0.2) is 24.3 Å². The van der Waals surface area contributed by atoms with Crippen LogP contribution in [-0.4, -0.2) is 11.0 Å². The average Bonchev–Trinajstić information content (AvgIpc) is 2.15. The predicted octanol–water partition coefficient (Wildman–Crippen LogP) is 1.37. The largest absolute Gasteiger partial charge is 0.409 e. The van der Waals surface area contributed by atoms with Crippen LogP contribution >= 0.6 is 0 Å². The number of nitro groups is 1. The first-order valence-corrected chi connectivity index (χ1v) is 4.17. The number of ether oxygens (including phenoxy) is 1. The van der Waals surface area contributed by atoms with E-state index >= 15 is 0 Å². The van der Waals surface area contributed by atoms with E-state index in [1.54, 1.807) is 12.1 Å². The maximum absolute atomic E-state index is 10.6. The van der Waals surface area contributed by atoms with Gasteiger partial charge in [0.15, 0.2) is 0 Å². The van der Waals surface area contributed by atoms with Gasteiger partial charge in [0.25, 0.3) is 0 Å². The van der Waals surface area contributed by atoms with E-state index in [2.05, 4.69) is 4.74 Å². The van der Waals surface area contributed by atoms with Crippen molar-refractivity contribution in [1.29, 1.82) is 0 Å². The Labute approximate surface area is 85.8 Å². The van der Waals surface area contributed by atoms with Gasteiger partial charge in [0.1, 0.15) is 0 Å². The predicted molar refractivity (Wildman–Crippen MR) is 51.6 cm³/mol. The minimum atomic E-state index is -1.54. The first-order valence-electron chi connectivity index (χ1n) is 4.17. The second-order valence-corrected chi connectivity index (χ2v) is 2.99. The second kappa shape index (κ2) is 4.41. The molecule has 0 aliphatic carbocycles. The van der Waals surface area contributed by atoms with Crippen molar-refractivity contribution < 1.29 is 14.5 Å². The van der Waals surface area contributed by atoms with Crippen LogP contribution in [0.25, 0.3) is 0 Å².